The van der Waals surface area contributed by atoms with Crippen LogP contribution in [0.15, 0.2) is 24.4 Å². The molecule has 0 unspecified atom stereocenters. The third kappa shape index (κ3) is 3.66. The van der Waals surface area contributed by atoms with Gasteiger partial charge in [-0.3, -0.25) is 9.89 Å². The Balaban J connectivity index is 1.92. The smallest absolute Gasteiger partial charge is 0.270 e. The number of carbonyl (C=O) groups is 1. The normalized spacial score (nSPS) is 10.2. The largest absolute Gasteiger partial charge is 0.493 e. The lowest BCUT2D eigenvalue weighted by Gasteiger charge is -2.10. The van der Waals surface area contributed by atoms with E-state index in [4.69, 9.17) is 21.1 Å². The van der Waals surface area contributed by atoms with E-state index in [2.05, 4.69) is 15.5 Å². The summed E-state index contributed by atoms with van der Waals surface area (Å²) < 4.78 is 10.4. The van der Waals surface area contributed by atoms with Crippen molar-refractivity contribution < 1.29 is 14.3 Å². The van der Waals surface area contributed by atoms with Crippen molar-refractivity contribution in [3.8, 4) is 11.5 Å². The van der Waals surface area contributed by atoms with E-state index in [9.17, 15) is 4.79 Å². The van der Waals surface area contributed by atoms with Gasteiger partial charge in [0, 0.05) is 6.54 Å². The Morgan fingerprint density at radius 1 is 1.33 bits per heavy atom. The van der Waals surface area contributed by atoms with Crippen LogP contribution in [-0.2, 0) is 6.42 Å². The average Bonchev–Trinajstić information content (AvgIpc) is 2.93. The van der Waals surface area contributed by atoms with Gasteiger partial charge in [0.25, 0.3) is 5.91 Å². The molecule has 0 saturated carbocycles. The summed E-state index contributed by atoms with van der Waals surface area (Å²) in [7, 11) is 3.18. The summed E-state index contributed by atoms with van der Waals surface area (Å²) in [6.07, 6.45) is 2.06. The molecular formula is C14H16ClN3O3. The first-order valence-corrected chi connectivity index (χ1v) is 6.71. The van der Waals surface area contributed by atoms with Crippen LogP contribution in [0, 0.1) is 0 Å². The van der Waals surface area contributed by atoms with Crippen molar-refractivity contribution in [3.63, 3.8) is 0 Å². The summed E-state index contributed by atoms with van der Waals surface area (Å²) in [6, 6.07) is 5.65. The van der Waals surface area contributed by atoms with Crippen LogP contribution in [0.25, 0.3) is 0 Å². The molecular weight excluding hydrogens is 294 g/mol. The Hall–Kier alpha value is -2.21. The van der Waals surface area contributed by atoms with Gasteiger partial charge in [-0.05, 0) is 24.1 Å². The van der Waals surface area contributed by atoms with Crippen LogP contribution in [-0.4, -0.2) is 36.9 Å². The second kappa shape index (κ2) is 6.99. The molecule has 21 heavy (non-hydrogen) atoms. The van der Waals surface area contributed by atoms with Crippen LogP contribution in [0.2, 0.25) is 5.02 Å². The molecule has 0 aliphatic rings. The molecule has 0 atom stereocenters. The van der Waals surface area contributed by atoms with Crippen LogP contribution < -0.4 is 14.8 Å². The average molecular weight is 310 g/mol. The van der Waals surface area contributed by atoms with E-state index in [1.807, 2.05) is 18.2 Å². The number of rotatable bonds is 6. The summed E-state index contributed by atoms with van der Waals surface area (Å²) in [5, 5.41) is 9.34. The lowest BCUT2D eigenvalue weighted by molar-refractivity contribution is 0.0949. The number of ether oxygens (including phenoxy) is 2. The van der Waals surface area contributed by atoms with Gasteiger partial charge in [-0.15, -0.1) is 0 Å². The number of H-pyrrole nitrogens is 1. The van der Waals surface area contributed by atoms with Crippen molar-refractivity contribution in [1.82, 2.24) is 15.5 Å². The number of aromatic nitrogens is 2. The van der Waals surface area contributed by atoms with E-state index in [-0.39, 0.29) is 11.6 Å². The number of halogens is 1. The van der Waals surface area contributed by atoms with Gasteiger partial charge in [0.15, 0.2) is 11.5 Å². The fourth-order valence-corrected chi connectivity index (χ4v) is 2.05. The zero-order chi connectivity index (χ0) is 15.2. The first-order chi connectivity index (χ1) is 10.2. The van der Waals surface area contributed by atoms with Crippen LogP contribution in [0.4, 0.5) is 0 Å². The zero-order valence-electron chi connectivity index (χ0n) is 11.8. The molecule has 0 aliphatic heterocycles. The number of carbonyl (C=O) groups excluding carboxylic acids is 1. The number of nitrogens with one attached hydrogen (secondary N) is 2. The van der Waals surface area contributed by atoms with Crippen LogP contribution in [0.3, 0.4) is 0 Å². The van der Waals surface area contributed by atoms with Gasteiger partial charge in [-0.1, -0.05) is 17.7 Å². The van der Waals surface area contributed by atoms with Crippen molar-refractivity contribution in [2.24, 2.45) is 0 Å². The molecule has 1 heterocycles. The minimum atomic E-state index is -0.280. The Kier molecular flexibility index (Phi) is 5.05. The zero-order valence-corrected chi connectivity index (χ0v) is 12.5. The molecule has 0 fully saturated rings. The molecule has 7 heteroatoms. The van der Waals surface area contributed by atoms with E-state index < -0.39 is 0 Å². The summed E-state index contributed by atoms with van der Waals surface area (Å²) in [5.74, 6) is 1.06. The quantitative estimate of drug-likeness (QED) is 0.856. The van der Waals surface area contributed by atoms with Gasteiger partial charge in [-0.25, -0.2) is 0 Å². The third-order valence-corrected chi connectivity index (χ3v) is 3.25. The van der Waals surface area contributed by atoms with Crippen molar-refractivity contribution in [2.45, 2.75) is 6.42 Å². The number of aromatic amines is 1. The van der Waals surface area contributed by atoms with E-state index in [0.717, 1.165) is 5.56 Å². The first-order valence-electron chi connectivity index (χ1n) is 6.33. The van der Waals surface area contributed by atoms with Crippen LogP contribution >= 0.6 is 11.6 Å². The van der Waals surface area contributed by atoms with Crippen LogP contribution in [0.1, 0.15) is 16.1 Å². The summed E-state index contributed by atoms with van der Waals surface area (Å²) in [4.78, 5) is 11.8. The summed E-state index contributed by atoms with van der Waals surface area (Å²) >= 11 is 5.82. The van der Waals surface area contributed by atoms with E-state index in [1.54, 1.807) is 14.2 Å². The van der Waals surface area contributed by atoms with E-state index in [1.165, 1.54) is 6.20 Å². The number of hydrogen-bond donors (Lipinski definition) is 2. The molecule has 0 saturated heterocycles. The minimum Gasteiger partial charge on any atom is -0.493 e. The van der Waals surface area contributed by atoms with Gasteiger partial charge in [0.2, 0.25) is 0 Å². The van der Waals surface area contributed by atoms with Gasteiger partial charge in [-0.2, -0.15) is 5.10 Å². The summed E-state index contributed by atoms with van der Waals surface area (Å²) in [5.41, 5.74) is 1.30. The molecule has 0 radical (unpaired) electrons. The lowest BCUT2D eigenvalue weighted by Crippen LogP contribution is -2.26. The molecule has 112 valence electrons. The highest BCUT2D eigenvalue weighted by Crippen LogP contribution is 2.27. The van der Waals surface area contributed by atoms with Crippen molar-refractivity contribution in [1.29, 1.82) is 0 Å². The minimum absolute atomic E-state index is 0.268. The Bertz CT molecular complexity index is 628. The first kappa shape index (κ1) is 15.2. The predicted octanol–water partition coefficient (Wildman–Crippen LogP) is 2.05. The van der Waals surface area contributed by atoms with E-state index >= 15 is 0 Å². The molecule has 6 nitrogen and oxygen atoms in total. The molecule has 2 aromatic rings. The maximum Gasteiger partial charge on any atom is 0.270 e. The number of hydrogen-bond acceptors (Lipinski definition) is 4. The van der Waals surface area contributed by atoms with Gasteiger partial charge < -0.3 is 14.8 Å². The van der Waals surface area contributed by atoms with Crippen molar-refractivity contribution >= 4 is 17.5 Å². The Labute approximate surface area is 127 Å². The molecule has 1 amide bonds. The predicted molar refractivity (Wildman–Crippen MR) is 79.2 cm³/mol. The molecule has 1 aromatic carbocycles. The highest BCUT2D eigenvalue weighted by atomic mass is 35.5. The molecule has 1 aromatic heterocycles. The maximum atomic E-state index is 11.8. The molecule has 2 N–H and O–H groups in total. The van der Waals surface area contributed by atoms with Crippen LogP contribution in [0.5, 0.6) is 11.5 Å². The van der Waals surface area contributed by atoms with Gasteiger partial charge in [0.1, 0.15) is 5.69 Å². The Morgan fingerprint density at radius 2 is 2.10 bits per heavy atom. The molecule has 0 spiro atoms. The van der Waals surface area contributed by atoms with E-state index in [0.29, 0.717) is 29.5 Å². The fourth-order valence-electron chi connectivity index (χ4n) is 1.88. The number of nitrogens with zero attached hydrogens (tertiary/aromatic N) is 1. The number of methoxy groups -OCH3 is 2. The topological polar surface area (TPSA) is 76.2 Å². The maximum absolute atomic E-state index is 11.8. The van der Waals surface area contributed by atoms with Crippen molar-refractivity contribution in [2.75, 3.05) is 20.8 Å². The molecule has 0 bridgehead atoms. The monoisotopic (exact) mass is 309 g/mol. The van der Waals surface area contributed by atoms with Crippen molar-refractivity contribution in [3.05, 3.63) is 40.7 Å². The summed E-state index contributed by atoms with van der Waals surface area (Å²) in [6.45, 7) is 0.476. The molecule has 0 aliphatic carbocycles. The third-order valence-electron chi connectivity index (χ3n) is 2.97. The number of benzene rings is 1. The fraction of sp³-hybridized carbons (Fsp3) is 0.286. The lowest BCUT2D eigenvalue weighted by atomic mass is 10.1. The van der Waals surface area contributed by atoms with Gasteiger partial charge in [0.05, 0.1) is 25.4 Å². The standard InChI is InChI=1S/C14H16ClN3O3/c1-20-11-4-3-9(7-12(11)21-2)5-6-16-14(19)13-10(15)8-17-18-13/h3-4,7-8H,5-6H2,1-2H3,(H,16,19)(H,17,18). The highest BCUT2D eigenvalue weighted by molar-refractivity contribution is 6.33. The Morgan fingerprint density at radius 3 is 2.71 bits per heavy atom. The highest BCUT2D eigenvalue weighted by Gasteiger charge is 2.11. The number of amides is 1. The SMILES string of the molecule is COc1ccc(CCNC(=O)c2[nH]ncc2Cl)cc1OC. The van der Waals surface area contributed by atoms with Gasteiger partial charge >= 0.3 is 0 Å². The molecule has 2 rings (SSSR count). The second-order valence-electron chi connectivity index (χ2n) is 4.29. The second-order valence-corrected chi connectivity index (χ2v) is 4.70.